The predicted octanol–water partition coefficient (Wildman–Crippen LogP) is 1.96. The fourth-order valence-electron chi connectivity index (χ4n) is 4.19. The highest BCUT2D eigenvalue weighted by Crippen LogP contribution is 2.43. The highest BCUT2D eigenvalue weighted by Gasteiger charge is 2.54. The molecule has 1 N–H and O–H groups in total. The standard InChI is InChI=1S/C18H22N2O3/c1-20-9-13(11-5-3-4-6-15(11)20)18(21)19-16-12-7-8-23-17(12)14(16)10-22-2/h3-6,9,12,14,16-17H,7-8,10H2,1-2H3,(H,19,21)/t12-,14+,16-,17-/m0/s1. The summed E-state index contributed by atoms with van der Waals surface area (Å²) in [5.74, 6) is 0.679. The number of rotatable bonds is 4. The quantitative estimate of drug-likeness (QED) is 0.938. The van der Waals surface area contributed by atoms with Crippen LogP contribution in [0.2, 0.25) is 0 Å². The summed E-state index contributed by atoms with van der Waals surface area (Å²) in [6, 6.07) is 8.14. The van der Waals surface area contributed by atoms with Crippen molar-refractivity contribution in [2.45, 2.75) is 18.6 Å². The summed E-state index contributed by atoms with van der Waals surface area (Å²) < 4.78 is 13.1. The van der Waals surface area contributed by atoms with Gasteiger partial charge in [-0.05, 0) is 12.5 Å². The lowest BCUT2D eigenvalue weighted by Crippen LogP contribution is -2.62. The average Bonchev–Trinajstić information content (AvgIpc) is 3.13. The van der Waals surface area contributed by atoms with Gasteiger partial charge < -0.3 is 19.4 Å². The van der Waals surface area contributed by atoms with Gasteiger partial charge in [-0.15, -0.1) is 0 Å². The zero-order chi connectivity index (χ0) is 16.0. The van der Waals surface area contributed by atoms with Crippen molar-refractivity contribution in [2.24, 2.45) is 18.9 Å². The van der Waals surface area contributed by atoms with E-state index in [1.165, 1.54) is 0 Å². The number of carbonyl (C=O) groups excluding carboxylic acids is 1. The minimum atomic E-state index is -0.00162. The Labute approximate surface area is 135 Å². The smallest absolute Gasteiger partial charge is 0.253 e. The van der Waals surface area contributed by atoms with Gasteiger partial charge in [-0.3, -0.25) is 4.79 Å². The molecule has 0 spiro atoms. The molecule has 1 aliphatic carbocycles. The number of aromatic nitrogens is 1. The molecule has 0 radical (unpaired) electrons. The molecule has 1 saturated carbocycles. The number of ether oxygens (including phenoxy) is 2. The summed E-state index contributed by atoms with van der Waals surface area (Å²) in [4.78, 5) is 12.8. The molecule has 2 aliphatic rings. The largest absolute Gasteiger partial charge is 0.384 e. The Kier molecular flexibility index (Phi) is 3.62. The van der Waals surface area contributed by atoms with Crippen LogP contribution in [-0.2, 0) is 16.5 Å². The van der Waals surface area contributed by atoms with Crippen molar-refractivity contribution >= 4 is 16.8 Å². The molecule has 1 amide bonds. The third-order valence-corrected chi connectivity index (χ3v) is 5.33. The molecule has 1 saturated heterocycles. The molecule has 1 aromatic carbocycles. The number of aryl methyl sites for hydroxylation is 1. The molecule has 2 fully saturated rings. The average molecular weight is 314 g/mol. The molecule has 4 rings (SSSR count). The second kappa shape index (κ2) is 5.65. The third kappa shape index (κ3) is 2.26. The van der Waals surface area contributed by atoms with Gasteiger partial charge in [0.15, 0.2) is 0 Å². The minimum absolute atomic E-state index is 0.00162. The molecule has 23 heavy (non-hydrogen) atoms. The van der Waals surface area contributed by atoms with Gasteiger partial charge in [-0.1, -0.05) is 18.2 Å². The van der Waals surface area contributed by atoms with Crippen LogP contribution in [0, 0.1) is 11.8 Å². The first kappa shape index (κ1) is 14.7. The van der Waals surface area contributed by atoms with Gasteiger partial charge in [-0.2, -0.15) is 0 Å². The molecule has 1 aromatic heterocycles. The Morgan fingerprint density at radius 2 is 2.26 bits per heavy atom. The topological polar surface area (TPSA) is 52.5 Å². The molecule has 122 valence electrons. The highest BCUT2D eigenvalue weighted by molar-refractivity contribution is 6.07. The van der Waals surface area contributed by atoms with E-state index in [1.807, 2.05) is 42.1 Å². The zero-order valence-corrected chi connectivity index (χ0v) is 13.5. The molecule has 2 aromatic rings. The van der Waals surface area contributed by atoms with Crippen LogP contribution in [0.25, 0.3) is 10.9 Å². The summed E-state index contributed by atoms with van der Waals surface area (Å²) in [7, 11) is 3.67. The van der Waals surface area contributed by atoms with Crippen molar-refractivity contribution in [3.05, 3.63) is 36.0 Å². The van der Waals surface area contributed by atoms with E-state index in [9.17, 15) is 4.79 Å². The van der Waals surface area contributed by atoms with Gasteiger partial charge in [-0.25, -0.2) is 0 Å². The second-order valence-electron chi connectivity index (χ2n) is 6.58. The molecule has 5 nitrogen and oxygen atoms in total. The van der Waals surface area contributed by atoms with Crippen LogP contribution in [0.3, 0.4) is 0 Å². The van der Waals surface area contributed by atoms with Gasteiger partial charge in [0.2, 0.25) is 0 Å². The number of benzene rings is 1. The van der Waals surface area contributed by atoms with E-state index in [-0.39, 0.29) is 24.0 Å². The minimum Gasteiger partial charge on any atom is -0.384 e. The maximum Gasteiger partial charge on any atom is 0.253 e. The van der Waals surface area contributed by atoms with Crippen LogP contribution in [0.15, 0.2) is 30.5 Å². The van der Waals surface area contributed by atoms with Crippen LogP contribution < -0.4 is 5.32 Å². The van der Waals surface area contributed by atoms with Crippen molar-refractivity contribution in [1.82, 2.24) is 9.88 Å². The Balaban J connectivity index is 1.57. The van der Waals surface area contributed by atoms with Gasteiger partial charge in [0, 0.05) is 55.7 Å². The van der Waals surface area contributed by atoms with E-state index in [0.717, 1.165) is 29.5 Å². The van der Waals surface area contributed by atoms with Crippen molar-refractivity contribution in [3.8, 4) is 0 Å². The number of methoxy groups -OCH3 is 1. The summed E-state index contributed by atoms with van der Waals surface area (Å²) in [5, 5.41) is 4.23. The van der Waals surface area contributed by atoms with Crippen molar-refractivity contribution in [3.63, 3.8) is 0 Å². The van der Waals surface area contributed by atoms with Crippen molar-refractivity contribution < 1.29 is 14.3 Å². The normalized spacial score (nSPS) is 29.3. The van der Waals surface area contributed by atoms with Gasteiger partial charge >= 0.3 is 0 Å². The van der Waals surface area contributed by atoms with E-state index in [2.05, 4.69) is 5.32 Å². The first-order valence-corrected chi connectivity index (χ1v) is 8.16. The van der Waals surface area contributed by atoms with E-state index in [0.29, 0.717) is 12.5 Å². The first-order chi connectivity index (χ1) is 11.2. The molecule has 2 heterocycles. The van der Waals surface area contributed by atoms with Crippen LogP contribution in [0.1, 0.15) is 16.8 Å². The maximum absolute atomic E-state index is 12.8. The molecule has 4 atom stereocenters. The number of hydrogen-bond acceptors (Lipinski definition) is 3. The maximum atomic E-state index is 12.8. The molecule has 0 bridgehead atoms. The van der Waals surface area contributed by atoms with Crippen LogP contribution >= 0.6 is 0 Å². The zero-order valence-electron chi connectivity index (χ0n) is 13.5. The summed E-state index contributed by atoms with van der Waals surface area (Å²) in [6.45, 7) is 1.41. The summed E-state index contributed by atoms with van der Waals surface area (Å²) in [6.07, 6.45) is 3.17. The van der Waals surface area contributed by atoms with Crippen molar-refractivity contribution in [2.75, 3.05) is 20.3 Å². The number of hydrogen-bond donors (Lipinski definition) is 1. The summed E-state index contributed by atoms with van der Waals surface area (Å²) >= 11 is 0. The lowest BCUT2D eigenvalue weighted by atomic mass is 9.67. The van der Waals surface area contributed by atoms with E-state index in [4.69, 9.17) is 9.47 Å². The third-order valence-electron chi connectivity index (χ3n) is 5.33. The highest BCUT2D eigenvalue weighted by atomic mass is 16.5. The number of fused-ring (bicyclic) bond motifs is 2. The lowest BCUT2D eigenvalue weighted by Gasteiger charge is -2.47. The van der Waals surface area contributed by atoms with Crippen LogP contribution in [0.5, 0.6) is 0 Å². The molecule has 5 heteroatoms. The Bertz CT molecular complexity index is 739. The SMILES string of the molecule is COC[C@@H]1[C@@H](NC(=O)c2cn(C)c3ccccc23)[C@@H]2CCO[C@H]12. The van der Waals surface area contributed by atoms with Crippen molar-refractivity contribution in [1.29, 1.82) is 0 Å². The van der Waals surface area contributed by atoms with E-state index in [1.54, 1.807) is 7.11 Å². The Hall–Kier alpha value is -1.85. The Morgan fingerprint density at radius 1 is 1.43 bits per heavy atom. The predicted molar refractivity (Wildman–Crippen MR) is 87.4 cm³/mol. The number of amides is 1. The van der Waals surface area contributed by atoms with E-state index >= 15 is 0 Å². The second-order valence-corrected chi connectivity index (χ2v) is 6.58. The molecule has 1 aliphatic heterocycles. The summed E-state index contributed by atoms with van der Waals surface area (Å²) in [5.41, 5.74) is 1.81. The van der Waals surface area contributed by atoms with Gasteiger partial charge in [0.05, 0.1) is 18.3 Å². The monoisotopic (exact) mass is 314 g/mol. The number of nitrogens with one attached hydrogen (secondary N) is 1. The Morgan fingerprint density at radius 3 is 3.09 bits per heavy atom. The van der Waals surface area contributed by atoms with Gasteiger partial charge in [0.25, 0.3) is 5.91 Å². The van der Waals surface area contributed by atoms with Crippen LogP contribution in [-0.4, -0.2) is 42.9 Å². The van der Waals surface area contributed by atoms with E-state index < -0.39 is 0 Å². The molecular weight excluding hydrogens is 292 g/mol. The number of carbonyl (C=O) groups is 1. The van der Waals surface area contributed by atoms with Crippen LogP contribution in [0.4, 0.5) is 0 Å². The molecular formula is C18H22N2O3. The van der Waals surface area contributed by atoms with Gasteiger partial charge in [0.1, 0.15) is 0 Å². The first-order valence-electron chi connectivity index (χ1n) is 8.16. The molecule has 0 unspecified atom stereocenters. The fourth-order valence-corrected chi connectivity index (χ4v) is 4.19. The lowest BCUT2D eigenvalue weighted by molar-refractivity contribution is -0.0809. The number of para-hydroxylation sites is 1. The fraction of sp³-hybridized carbons (Fsp3) is 0.500. The number of nitrogens with zero attached hydrogens (tertiary/aromatic N) is 1.